The summed E-state index contributed by atoms with van der Waals surface area (Å²) in [5, 5.41) is 2.92. The fourth-order valence-electron chi connectivity index (χ4n) is 2.35. The Morgan fingerprint density at radius 1 is 1.22 bits per heavy atom. The van der Waals surface area contributed by atoms with Gasteiger partial charge in [-0.05, 0) is 29.8 Å². The summed E-state index contributed by atoms with van der Waals surface area (Å²) in [7, 11) is 1.61. The summed E-state index contributed by atoms with van der Waals surface area (Å²) in [6.07, 6.45) is 3.67. The lowest BCUT2D eigenvalue weighted by atomic mass is 10.1. The van der Waals surface area contributed by atoms with Crippen LogP contribution < -0.4 is 10.1 Å². The molecule has 5 heteroatoms. The Balaban J connectivity index is 1.69. The van der Waals surface area contributed by atoms with E-state index in [-0.39, 0.29) is 5.91 Å². The predicted octanol–water partition coefficient (Wildman–Crippen LogP) is 3.27. The van der Waals surface area contributed by atoms with Crippen molar-refractivity contribution in [3.05, 3.63) is 66.6 Å². The van der Waals surface area contributed by atoms with Gasteiger partial charge in [0.05, 0.1) is 31.7 Å². The summed E-state index contributed by atoms with van der Waals surface area (Å²) < 4.78 is 5.17. The van der Waals surface area contributed by atoms with Gasteiger partial charge in [0.1, 0.15) is 5.75 Å². The van der Waals surface area contributed by atoms with Crippen LogP contribution in [0.4, 0.5) is 5.69 Å². The first kappa shape index (κ1) is 14.8. The quantitative estimate of drug-likeness (QED) is 0.760. The van der Waals surface area contributed by atoms with Gasteiger partial charge in [-0.25, -0.2) is 4.98 Å². The highest BCUT2D eigenvalue weighted by Crippen LogP contribution is 2.20. The van der Waals surface area contributed by atoms with Gasteiger partial charge in [-0.3, -0.25) is 4.79 Å². The Labute approximate surface area is 134 Å². The molecule has 1 amide bonds. The number of methoxy groups -OCH3 is 1. The molecule has 3 aromatic rings. The van der Waals surface area contributed by atoms with Gasteiger partial charge in [-0.15, -0.1) is 0 Å². The fraction of sp³-hybridized carbons (Fsp3) is 0.111. The summed E-state index contributed by atoms with van der Waals surface area (Å²) in [6.45, 7) is 0. The third-order valence-corrected chi connectivity index (χ3v) is 3.45. The minimum atomic E-state index is -0.0694. The Bertz CT molecular complexity index is 798. The first-order valence-corrected chi connectivity index (χ1v) is 7.26. The van der Waals surface area contributed by atoms with Crippen LogP contribution in [0.2, 0.25) is 0 Å². The number of nitrogens with zero attached hydrogens (tertiary/aromatic N) is 1. The monoisotopic (exact) mass is 307 g/mol. The van der Waals surface area contributed by atoms with Crippen molar-refractivity contribution in [2.24, 2.45) is 0 Å². The van der Waals surface area contributed by atoms with E-state index in [0.29, 0.717) is 6.42 Å². The number of aromatic amines is 1. The van der Waals surface area contributed by atoms with Gasteiger partial charge in [0.15, 0.2) is 0 Å². The zero-order valence-corrected chi connectivity index (χ0v) is 12.7. The number of ether oxygens (including phenoxy) is 1. The van der Waals surface area contributed by atoms with E-state index in [1.54, 1.807) is 19.6 Å². The Morgan fingerprint density at radius 2 is 2.09 bits per heavy atom. The fourth-order valence-corrected chi connectivity index (χ4v) is 2.35. The minimum Gasteiger partial charge on any atom is -0.497 e. The van der Waals surface area contributed by atoms with Crippen molar-refractivity contribution in [1.29, 1.82) is 0 Å². The van der Waals surface area contributed by atoms with Crippen LogP contribution in [0.25, 0.3) is 11.3 Å². The number of H-pyrrole nitrogens is 1. The highest BCUT2D eigenvalue weighted by molar-refractivity contribution is 5.92. The SMILES string of the molecule is COc1cccc(CC(=O)Nc2cccc(-c3cnc[nH]3)c2)c1. The molecule has 1 aromatic heterocycles. The summed E-state index contributed by atoms with van der Waals surface area (Å²) >= 11 is 0. The van der Waals surface area contributed by atoms with Crippen molar-refractivity contribution in [3.8, 4) is 17.0 Å². The molecule has 2 N–H and O–H groups in total. The van der Waals surface area contributed by atoms with Crippen molar-refractivity contribution in [3.63, 3.8) is 0 Å². The van der Waals surface area contributed by atoms with E-state index in [9.17, 15) is 4.79 Å². The van der Waals surface area contributed by atoms with Crippen molar-refractivity contribution in [1.82, 2.24) is 9.97 Å². The number of imidazole rings is 1. The Hall–Kier alpha value is -3.08. The molecule has 0 atom stereocenters. The van der Waals surface area contributed by atoms with Gasteiger partial charge >= 0.3 is 0 Å². The smallest absolute Gasteiger partial charge is 0.228 e. The molecule has 1 heterocycles. The summed E-state index contributed by atoms with van der Waals surface area (Å²) in [6, 6.07) is 15.1. The molecule has 0 saturated carbocycles. The van der Waals surface area contributed by atoms with E-state index in [0.717, 1.165) is 28.3 Å². The first-order chi connectivity index (χ1) is 11.2. The van der Waals surface area contributed by atoms with Gasteiger partial charge in [-0.2, -0.15) is 0 Å². The molecular weight excluding hydrogens is 290 g/mol. The molecule has 0 aliphatic heterocycles. The van der Waals surface area contributed by atoms with Crippen LogP contribution in [0.1, 0.15) is 5.56 Å². The molecule has 0 saturated heterocycles. The van der Waals surface area contributed by atoms with E-state index >= 15 is 0 Å². The van der Waals surface area contributed by atoms with Crippen molar-refractivity contribution in [2.75, 3.05) is 12.4 Å². The van der Waals surface area contributed by atoms with Gasteiger partial charge in [0.2, 0.25) is 5.91 Å². The van der Waals surface area contributed by atoms with Crippen molar-refractivity contribution >= 4 is 11.6 Å². The van der Waals surface area contributed by atoms with Crippen LogP contribution in [-0.2, 0) is 11.2 Å². The number of hydrogen-bond acceptors (Lipinski definition) is 3. The number of carbonyl (C=O) groups excluding carboxylic acids is 1. The van der Waals surface area contributed by atoms with Gasteiger partial charge in [-0.1, -0.05) is 24.3 Å². The zero-order valence-electron chi connectivity index (χ0n) is 12.7. The lowest BCUT2D eigenvalue weighted by Gasteiger charge is -2.08. The van der Waals surface area contributed by atoms with Crippen LogP contribution >= 0.6 is 0 Å². The maximum atomic E-state index is 12.2. The summed E-state index contributed by atoms with van der Waals surface area (Å²) in [5.41, 5.74) is 3.55. The maximum absolute atomic E-state index is 12.2. The highest BCUT2D eigenvalue weighted by atomic mass is 16.5. The van der Waals surface area contributed by atoms with E-state index in [4.69, 9.17) is 4.74 Å². The van der Waals surface area contributed by atoms with Crippen LogP contribution in [0.15, 0.2) is 61.1 Å². The minimum absolute atomic E-state index is 0.0694. The lowest BCUT2D eigenvalue weighted by molar-refractivity contribution is -0.115. The summed E-state index contributed by atoms with van der Waals surface area (Å²) in [4.78, 5) is 19.3. The first-order valence-electron chi connectivity index (χ1n) is 7.26. The molecular formula is C18H17N3O2. The average Bonchev–Trinajstić information content (AvgIpc) is 3.09. The Morgan fingerprint density at radius 3 is 2.87 bits per heavy atom. The molecule has 3 rings (SSSR count). The topological polar surface area (TPSA) is 67.0 Å². The second-order valence-electron chi connectivity index (χ2n) is 5.12. The number of nitrogens with one attached hydrogen (secondary N) is 2. The average molecular weight is 307 g/mol. The van der Waals surface area contributed by atoms with Crippen molar-refractivity contribution in [2.45, 2.75) is 6.42 Å². The van der Waals surface area contributed by atoms with E-state index in [1.807, 2.05) is 48.5 Å². The van der Waals surface area contributed by atoms with E-state index in [2.05, 4.69) is 15.3 Å². The molecule has 0 aliphatic carbocycles. The second kappa shape index (κ2) is 6.79. The third-order valence-electron chi connectivity index (χ3n) is 3.45. The number of hydrogen-bond donors (Lipinski definition) is 2. The van der Waals surface area contributed by atoms with E-state index in [1.165, 1.54) is 0 Å². The summed E-state index contributed by atoms with van der Waals surface area (Å²) in [5.74, 6) is 0.677. The van der Waals surface area contributed by atoms with Gasteiger partial charge in [0.25, 0.3) is 0 Å². The standard InChI is InChI=1S/C18H17N3O2/c1-23-16-7-2-4-13(8-16)9-18(22)21-15-6-3-5-14(10-15)17-11-19-12-20-17/h2-8,10-12H,9H2,1H3,(H,19,20)(H,21,22). The third kappa shape index (κ3) is 3.77. The van der Waals surface area contributed by atoms with Crippen LogP contribution in [0, 0.1) is 0 Å². The van der Waals surface area contributed by atoms with E-state index < -0.39 is 0 Å². The normalized spacial score (nSPS) is 10.3. The molecule has 0 bridgehead atoms. The number of carbonyl (C=O) groups is 1. The highest BCUT2D eigenvalue weighted by Gasteiger charge is 2.06. The largest absolute Gasteiger partial charge is 0.497 e. The van der Waals surface area contributed by atoms with Gasteiger partial charge in [0, 0.05) is 11.3 Å². The number of benzene rings is 2. The molecule has 23 heavy (non-hydrogen) atoms. The van der Waals surface area contributed by atoms with Crippen LogP contribution in [-0.4, -0.2) is 23.0 Å². The molecule has 116 valence electrons. The number of rotatable bonds is 5. The molecule has 0 aliphatic rings. The van der Waals surface area contributed by atoms with Crippen molar-refractivity contribution < 1.29 is 9.53 Å². The number of anilines is 1. The van der Waals surface area contributed by atoms with Crippen LogP contribution in [0.3, 0.4) is 0 Å². The Kier molecular flexibility index (Phi) is 4.38. The van der Waals surface area contributed by atoms with Gasteiger partial charge < -0.3 is 15.0 Å². The number of amides is 1. The maximum Gasteiger partial charge on any atom is 0.228 e. The molecule has 0 unspecified atom stereocenters. The molecule has 0 fully saturated rings. The zero-order chi connectivity index (χ0) is 16.1. The van der Waals surface area contributed by atoms with Crippen LogP contribution in [0.5, 0.6) is 5.75 Å². The molecule has 2 aromatic carbocycles. The predicted molar refractivity (Wildman–Crippen MR) is 89.4 cm³/mol. The molecule has 5 nitrogen and oxygen atoms in total. The lowest BCUT2D eigenvalue weighted by Crippen LogP contribution is -2.14. The molecule has 0 spiro atoms. The second-order valence-corrected chi connectivity index (χ2v) is 5.12. The molecule has 0 radical (unpaired) electrons. The number of aromatic nitrogens is 2.